The normalized spacial score (nSPS) is 15.8. The summed E-state index contributed by atoms with van der Waals surface area (Å²) < 4.78 is 2.05. The summed E-state index contributed by atoms with van der Waals surface area (Å²) in [6, 6.07) is 0. The number of rotatable bonds is 2. The van der Waals surface area contributed by atoms with Gasteiger partial charge < -0.3 is 10.2 Å². The molecule has 1 N–H and O–H groups in total. The van der Waals surface area contributed by atoms with E-state index in [1.807, 2.05) is 20.9 Å². The highest BCUT2D eigenvalue weighted by molar-refractivity contribution is 6.31. The van der Waals surface area contributed by atoms with Crippen molar-refractivity contribution in [3.63, 3.8) is 0 Å². The van der Waals surface area contributed by atoms with Gasteiger partial charge in [-0.15, -0.1) is 0 Å². The van der Waals surface area contributed by atoms with Crippen molar-refractivity contribution in [2.24, 2.45) is 0 Å². The van der Waals surface area contributed by atoms with Crippen LogP contribution in [0.5, 0.6) is 0 Å². The smallest absolute Gasteiger partial charge is 0.0951 e. The van der Waals surface area contributed by atoms with Crippen molar-refractivity contribution >= 4 is 11.6 Å². The fourth-order valence-electron chi connectivity index (χ4n) is 1.97. The first-order valence-corrected chi connectivity index (χ1v) is 6.67. The third-order valence-electron chi connectivity index (χ3n) is 2.73. The first-order valence-electron chi connectivity index (χ1n) is 6.29. The van der Waals surface area contributed by atoms with Crippen molar-refractivity contribution in [2.75, 3.05) is 20.6 Å². The lowest BCUT2D eigenvalue weighted by atomic mass is 10.3. The van der Waals surface area contributed by atoms with Crippen molar-refractivity contribution in [3.8, 4) is 0 Å². The van der Waals surface area contributed by atoms with Crippen molar-refractivity contribution in [1.29, 1.82) is 0 Å². The summed E-state index contributed by atoms with van der Waals surface area (Å²) >= 11 is 6.31. The molecule has 98 valence electrons. The lowest BCUT2D eigenvalue weighted by Gasteiger charge is -2.11. The SMILES string of the molecule is CC.CNCc1nn2c(c1Cl)CN(C)CCC2. The van der Waals surface area contributed by atoms with Crippen LogP contribution in [0.25, 0.3) is 0 Å². The van der Waals surface area contributed by atoms with E-state index in [0.29, 0.717) is 0 Å². The molecule has 5 heteroatoms. The molecule has 4 nitrogen and oxygen atoms in total. The van der Waals surface area contributed by atoms with Crippen LogP contribution in [0.4, 0.5) is 0 Å². The molecular weight excluding hydrogens is 236 g/mol. The van der Waals surface area contributed by atoms with Crippen molar-refractivity contribution in [2.45, 2.75) is 39.9 Å². The average Bonchev–Trinajstić information content (AvgIpc) is 2.52. The molecule has 0 saturated carbocycles. The van der Waals surface area contributed by atoms with Crippen LogP contribution in [0.1, 0.15) is 31.7 Å². The predicted molar refractivity (Wildman–Crippen MR) is 72.3 cm³/mol. The molecule has 1 aliphatic rings. The largest absolute Gasteiger partial charge is 0.314 e. The minimum atomic E-state index is 0.739. The molecule has 0 amide bonds. The Balaban J connectivity index is 0.000000686. The summed E-state index contributed by atoms with van der Waals surface area (Å²) in [5, 5.41) is 8.45. The Morgan fingerprint density at radius 3 is 2.71 bits per heavy atom. The van der Waals surface area contributed by atoms with E-state index in [4.69, 9.17) is 11.6 Å². The van der Waals surface area contributed by atoms with Gasteiger partial charge in [0.25, 0.3) is 0 Å². The van der Waals surface area contributed by atoms with Crippen LogP contribution in [-0.2, 0) is 19.6 Å². The summed E-state index contributed by atoms with van der Waals surface area (Å²) in [4.78, 5) is 2.29. The van der Waals surface area contributed by atoms with Crippen molar-refractivity contribution in [1.82, 2.24) is 20.0 Å². The molecule has 0 atom stereocenters. The van der Waals surface area contributed by atoms with Gasteiger partial charge in [-0.05, 0) is 20.5 Å². The summed E-state index contributed by atoms with van der Waals surface area (Å²) in [5.41, 5.74) is 2.12. The van der Waals surface area contributed by atoms with E-state index in [1.165, 1.54) is 0 Å². The van der Waals surface area contributed by atoms with E-state index in [1.54, 1.807) is 0 Å². The molecule has 0 unspecified atom stereocenters. The van der Waals surface area contributed by atoms with Crippen LogP contribution in [0.2, 0.25) is 5.02 Å². The average molecular weight is 259 g/mol. The third-order valence-corrected chi connectivity index (χ3v) is 3.17. The van der Waals surface area contributed by atoms with Crippen molar-refractivity contribution in [3.05, 3.63) is 16.4 Å². The van der Waals surface area contributed by atoms with Crippen LogP contribution in [-0.4, -0.2) is 35.3 Å². The minimum absolute atomic E-state index is 0.739. The highest BCUT2D eigenvalue weighted by atomic mass is 35.5. The molecule has 0 bridgehead atoms. The highest BCUT2D eigenvalue weighted by Gasteiger charge is 2.19. The zero-order chi connectivity index (χ0) is 12.8. The van der Waals surface area contributed by atoms with Gasteiger partial charge in [-0.1, -0.05) is 25.4 Å². The van der Waals surface area contributed by atoms with Crippen LogP contribution < -0.4 is 5.32 Å². The number of hydrogen-bond donors (Lipinski definition) is 1. The van der Waals surface area contributed by atoms with E-state index in [2.05, 4.69) is 27.0 Å². The number of aryl methyl sites for hydroxylation is 1. The fraction of sp³-hybridized carbons (Fsp3) is 0.750. The van der Waals surface area contributed by atoms with Gasteiger partial charge in [0, 0.05) is 26.2 Å². The molecule has 1 aromatic heterocycles. The van der Waals surface area contributed by atoms with Crippen molar-refractivity contribution < 1.29 is 0 Å². The number of halogens is 1. The second kappa shape index (κ2) is 6.99. The first kappa shape index (κ1) is 14.5. The second-order valence-corrected chi connectivity index (χ2v) is 4.43. The van der Waals surface area contributed by atoms with Gasteiger partial charge in [0.2, 0.25) is 0 Å². The molecule has 0 fully saturated rings. The number of aromatic nitrogens is 2. The lowest BCUT2D eigenvalue weighted by molar-refractivity contribution is 0.332. The number of nitrogens with one attached hydrogen (secondary N) is 1. The van der Waals surface area contributed by atoms with Gasteiger partial charge in [0.05, 0.1) is 16.4 Å². The third kappa shape index (κ3) is 3.44. The van der Waals surface area contributed by atoms with Gasteiger partial charge in [0.1, 0.15) is 0 Å². The zero-order valence-corrected chi connectivity index (χ0v) is 12.0. The Morgan fingerprint density at radius 2 is 2.06 bits per heavy atom. The van der Waals surface area contributed by atoms with Crippen LogP contribution in [0.15, 0.2) is 0 Å². The predicted octanol–water partition coefficient (Wildman–Crippen LogP) is 2.12. The molecule has 0 radical (unpaired) electrons. The van der Waals surface area contributed by atoms with Crippen LogP contribution in [0.3, 0.4) is 0 Å². The maximum absolute atomic E-state index is 6.31. The molecule has 2 rings (SSSR count). The topological polar surface area (TPSA) is 33.1 Å². The summed E-state index contributed by atoms with van der Waals surface area (Å²) in [7, 11) is 4.03. The lowest BCUT2D eigenvalue weighted by Crippen LogP contribution is -2.17. The maximum atomic E-state index is 6.31. The van der Waals surface area contributed by atoms with Gasteiger partial charge in [0.15, 0.2) is 0 Å². The molecule has 2 heterocycles. The maximum Gasteiger partial charge on any atom is 0.0951 e. The zero-order valence-electron chi connectivity index (χ0n) is 11.3. The Hall–Kier alpha value is -0.580. The first-order chi connectivity index (χ1) is 8.22. The van der Waals surface area contributed by atoms with E-state index >= 15 is 0 Å². The summed E-state index contributed by atoms with van der Waals surface area (Å²) in [6.45, 7) is 7.72. The monoisotopic (exact) mass is 258 g/mol. The molecule has 1 aromatic rings. The van der Waals surface area contributed by atoms with E-state index in [0.717, 1.165) is 49.0 Å². The molecule has 0 spiro atoms. The van der Waals surface area contributed by atoms with Gasteiger partial charge in [-0.25, -0.2) is 0 Å². The quantitative estimate of drug-likeness (QED) is 0.882. The van der Waals surface area contributed by atoms with Crippen LogP contribution >= 0.6 is 11.6 Å². The number of nitrogens with zero attached hydrogens (tertiary/aromatic N) is 3. The Labute approximate surface area is 109 Å². The molecule has 17 heavy (non-hydrogen) atoms. The van der Waals surface area contributed by atoms with Gasteiger partial charge in [-0.2, -0.15) is 5.10 Å². The van der Waals surface area contributed by atoms with Crippen LogP contribution in [0, 0.1) is 0 Å². The van der Waals surface area contributed by atoms with E-state index < -0.39 is 0 Å². The van der Waals surface area contributed by atoms with E-state index in [9.17, 15) is 0 Å². The summed E-state index contributed by atoms with van der Waals surface area (Å²) in [6.07, 6.45) is 1.14. The van der Waals surface area contributed by atoms with E-state index in [-0.39, 0.29) is 0 Å². The molecule has 0 aromatic carbocycles. The standard InChI is InChI=1S/C10H17ClN4.C2H6/c1-12-6-8-10(11)9-7-14(2)4-3-5-15(9)13-8;1-2/h12H,3-7H2,1-2H3;1-2H3. The molecule has 0 aliphatic carbocycles. The molecular formula is C12H23ClN4. The fourth-order valence-corrected chi connectivity index (χ4v) is 2.23. The van der Waals surface area contributed by atoms with Gasteiger partial charge >= 0.3 is 0 Å². The molecule has 0 saturated heterocycles. The second-order valence-electron chi connectivity index (χ2n) is 4.05. The number of fused-ring (bicyclic) bond motifs is 1. The summed E-state index contributed by atoms with van der Waals surface area (Å²) in [5.74, 6) is 0. The Bertz CT molecular complexity index is 349. The van der Waals surface area contributed by atoms with Gasteiger partial charge in [-0.3, -0.25) is 4.68 Å². The highest BCUT2D eigenvalue weighted by Crippen LogP contribution is 2.24. The Morgan fingerprint density at radius 1 is 1.35 bits per heavy atom. The Kier molecular flexibility index (Phi) is 5.95. The number of hydrogen-bond acceptors (Lipinski definition) is 3. The minimum Gasteiger partial charge on any atom is -0.314 e. The molecule has 1 aliphatic heterocycles.